The minimum Gasteiger partial charge on any atom is -0.390 e. The number of fused-ring (bicyclic) bond motifs is 1. The first-order chi connectivity index (χ1) is 20.4. The maximum absolute atomic E-state index is 13.2. The van der Waals surface area contributed by atoms with E-state index in [0.717, 1.165) is 79.2 Å². The summed E-state index contributed by atoms with van der Waals surface area (Å²) in [5.74, 6) is 1.16. The molecule has 1 amide bonds. The monoisotopic (exact) mass is 566 g/mol. The molecule has 0 bridgehead atoms. The van der Waals surface area contributed by atoms with Crippen molar-refractivity contribution in [2.24, 2.45) is 5.41 Å². The summed E-state index contributed by atoms with van der Waals surface area (Å²) in [6, 6.07) is 11.7. The molecular weight excluding hydrogens is 524 g/mol. The first-order valence-corrected chi connectivity index (χ1v) is 15.2. The van der Waals surface area contributed by atoms with Gasteiger partial charge in [0.15, 0.2) is 0 Å². The first kappa shape index (κ1) is 28.3. The average molecular weight is 567 g/mol. The fraction of sp³-hybridized carbons (Fsp3) is 0.455. The Bertz CT molecular complexity index is 1480. The van der Waals surface area contributed by atoms with Crippen molar-refractivity contribution in [1.82, 2.24) is 25.1 Å². The number of nitrogens with one attached hydrogen (secondary N) is 3. The van der Waals surface area contributed by atoms with Crippen molar-refractivity contribution in [1.29, 1.82) is 5.41 Å². The van der Waals surface area contributed by atoms with Gasteiger partial charge in [0, 0.05) is 72.9 Å². The van der Waals surface area contributed by atoms with Crippen molar-refractivity contribution < 1.29 is 4.79 Å². The molecule has 0 aliphatic carbocycles. The predicted octanol–water partition coefficient (Wildman–Crippen LogP) is 4.48. The number of allylic oxidation sites excluding steroid dienone is 1. The van der Waals surface area contributed by atoms with E-state index < -0.39 is 0 Å². The Morgan fingerprint density at radius 1 is 0.976 bits per heavy atom. The van der Waals surface area contributed by atoms with E-state index in [0.29, 0.717) is 16.8 Å². The van der Waals surface area contributed by atoms with Gasteiger partial charge in [0.05, 0.1) is 0 Å². The van der Waals surface area contributed by atoms with Gasteiger partial charge in [-0.2, -0.15) is 0 Å². The molecule has 2 aromatic heterocycles. The molecule has 1 spiro atoms. The number of hydrogen-bond acceptors (Lipinski definition) is 8. The lowest BCUT2D eigenvalue weighted by molar-refractivity contribution is 0.0900. The highest BCUT2D eigenvalue weighted by Crippen LogP contribution is 2.42. The second-order valence-electron chi connectivity index (χ2n) is 12.3. The van der Waals surface area contributed by atoms with E-state index in [4.69, 9.17) is 5.41 Å². The fourth-order valence-electron chi connectivity index (χ4n) is 6.62. The summed E-state index contributed by atoms with van der Waals surface area (Å²) in [5, 5.41) is 16.5. The van der Waals surface area contributed by atoms with Gasteiger partial charge < -0.3 is 25.8 Å². The lowest BCUT2D eigenvalue weighted by atomic mass is 9.72. The van der Waals surface area contributed by atoms with Crippen LogP contribution in [0.1, 0.15) is 48.0 Å². The number of nitrogens with zero attached hydrogens (tertiary/aromatic N) is 5. The van der Waals surface area contributed by atoms with Gasteiger partial charge in [0.25, 0.3) is 5.91 Å². The zero-order chi connectivity index (χ0) is 29.1. The molecule has 3 N–H and O–H groups in total. The highest BCUT2D eigenvalue weighted by Gasteiger charge is 2.44. The quantitative estimate of drug-likeness (QED) is 0.346. The number of likely N-dealkylation sites (tertiary alicyclic amines) is 2. The third-order valence-corrected chi connectivity index (χ3v) is 9.31. The fourth-order valence-corrected chi connectivity index (χ4v) is 6.62. The molecule has 3 aromatic rings. The summed E-state index contributed by atoms with van der Waals surface area (Å²) in [4.78, 5) is 29.5. The lowest BCUT2D eigenvalue weighted by Gasteiger charge is -2.54. The van der Waals surface area contributed by atoms with Crippen LogP contribution in [-0.4, -0.2) is 91.8 Å². The number of pyridine rings is 2. The van der Waals surface area contributed by atoms with Gasteiger partial charge in [-0.3, -0.25) is 9.69 Å². The maximum atomic E-state index is 13.2. The van der Waals surface area contributed by atoms with Gasteiger partial charge in [0.2, 0.25) is 0 Å². The van der Waals surface area contributed by atoms with Crippen molar-refractivity contribution in [3.05, 3.63) is 65.6 Å². The zero-order valence-corrected chi connectivity index (χ0v) is 24.8. The molecule has 1 aromatic carbocycles. The first-order valence-electron chi connectivity index (χ1n) is 15.2. The summed E-state index contributed by atoms with van der Waals surface area (Å²) >= 11 is 0. The van der Waals surface area contributed by atoms with Crippen LogP contribution >= 0.6 is 0 Å². The van der Waals surface area contributed by atoms with E-state index in [1.165, 1.54) is 38.3 Å². The van der Waals surface area contributed by atoms with Crippen LogP contribution in [0, 0.1) is 10.8 Å². The molecule has 3 saturated heterocycles. The van der Waals surface area contributed by atoms with Crippen molar-refractivity contribution in [2.45, 2.75) is 32.1 Å². The molecule has 9 nitrogen and oxygen atoms in total. The summed E-state index contributed by atoms with van der Waals surface area (Å²) in [6.45, 7) is 7.31. The van der Waals surface area contributed by atoms with E-state index in [1.807, 2.05) is 31.3 Å². The molecular formula is C33H42N8O. The lowest BCUT2D eigenvalue weighted by Crippen LogP contribution is -2.60. The molecule has 0 unspecified atom stereocenters. The molecule has 5 heterocycles. The normalized spacial score (nSPS) is 19.7. The molecule has 3 aliphatic heterocycles. The number of piperidine rings is 2. The Morgan fingerprint density at radius 3 is 2.50 bits per heavy atom. The Hall–Kier alpha value is -3.82. The van der Waals surface area contributed by atoms with Crippen LogP contribution in [0.2, 0.25) is 0 Å². The number of carbonyl (C=O) groups excluding carboxylic acids is 1. The smallest absolute Gasteiger partial charge is 0.257 e. The van der Waals surface area contributed by atoms with E-state index >= 15 is 0 Å². The molecule has 6 rings (SSSR count). The van der Waals surface area contributed by atoms with Gasteiger partial charge in [-0.25, -0.2) is 9.97 Å². The average Bonchev–Trinajstić information content (AvgIpc) is 3.00. The Kier molecular flexibility index (Phi) is 8.22. The number of amides is 1. The van der Waals surface area contributed by atoms with E-state index in [-0.39, 0.29) is 5.91 Å². The molecule has 3 fully saturated rings. The van der Waals surface area contributed by atoms with Crippen molar-refractivity contribution in [3.63, 3.8) is 0 Å². The largest absolute Gasteiger partial charge is 0.390 e. The summed E-state index contributed by atoms with van der Waals surface area (Å²) < 4.78 is 0. The SMILES string of the molecule is CN/C(CN1CCCCC1)=C(\C=N)c1ccc2cnc(NC(=O)c3ccnc(N4CC5(CCN(C)CC5)C4)c3)cc2c1. The number of aromatic nitrogens is 2. The Balaban J connectivity index is 1.16. The third kappa shape index (κ3) is 6.03. The van der Waals surface area contributed by atoms with Gasteiger partial charge in [0.1, 0.15) is 11.6 Å². The highest BCUT2D eigenvalue weighted by atomic mass is 16.1. The molecule has 0 saturated carbocycles. The summed E-state index contributed by atoms with van der Waals surface area (Å²) in [5.41, 5.74) is 3.87. The number of anilines is 2. The predicted molar refractivity (Wildman–Crippen MR) is 170 cm³/mol. The van der Waals surface area contributed by atoms with Gasteiger partial charge in [-0.15, -0.1) is 0 Å². The number of benzene rings is 1. The molecule has 0 radical (unpaired) electrons. The van der Waals surface area contributed by atoms with Crippen LogP contribution < -0.4 is 15.5 Å². The second kappa shape index (κ2) is 12.2. The van der Waals surface area contributed by atoms with Crippen molar-refractivity contribution in [3.8, 4) is 0 Å². The van der Waals surface area contributed by atoms with Crippen LogP contribution in [0.25, 0.3) is 16.3 Å². The van der Waals surface area contributed by atoms with Gasteiger partial charge in [-0.05, 0) is 94.1 Å². The highest BCUT2D eigenvalue weighted by molar-refractivity contribution is 6.11. The minimum atomic E-state index is -0.199. The molecule has 3 aliphatic rings. The topological polar surface area (TPSA) is 100 Å². The minimum absolute atomic E-state index is 0.199. The van der Waals surface area contributed by atoms with Crippen LogP contribution in [0.15, 0.2) is 54.5 Å². The molecule has 220 valence electrons. The summed E-state index contributed by atoms with van der Waals surface area (Å²) in [6.07, 6.45) is 11.1. The number of rotatable bonds is 8. The number of carbonyl (C=O) groups is 1. The zero-order valence-electron chi connectivity index (χ0n) is 24.8. The molecule has 9 heteroatoms. The van der Waals surface area contributed by atoms with Gasteiger partial charge in [-0.1, -0.05) is 18.6 Å². The van der Waals surface area contributed by atoms with Crippen LogP contribution in [0.3, 0.4) is 0 Å². The second-order valence-corrected chi connectivity index (χ2v) is 12.3. The molecule has 0 atom stereocenters. The Morgan fingerprint density at radius 2 is 1.76 bits per heavy atom. The van der Waals surface area contributed by atoms with Crippen LogP contribution in [0.5, 0.6) is 0 Å². The molecule has 42 heavy (non-hydrogen) atoms. The number of likely N-dealkylation sites (N-methyl/N-ethyl adjacent to an activating group) is 1. The van der Waals surface area contributed by atoms with Gasteiger partial charge >= 0.3 is 0 Å². The van der Waals surface area contributed by atoms with E-state index in [2.05, 4.69) is 48.4 Å². The summed E-state index contributed by atoms with van der Waals surface area (Å²) in [7, 11) is 4.12. The maximum Gasteiger partial charge on any atom is 0.257 e. The third-order valence-electron chi connectivity index (χ3n) is 9.31. The standard InChI is InChI=1S/C33H42N8O/c1-35-29(21-40-12-4-3-5-13-40)28(19-34)24-6-7-26-20-37-30(17-27(26)16-24)38-32(42)25-8-11-36-31(18-25)41-22-33(23-41)9-14-39(2)15-10-33/h6-8,11,16-20,34-35H,3-5,9-10,12-15,21-23H2,1-2H3,(H,37,38,42)/b29-28+,34-19?. The van der Waals surface area contributed by atoms with Crippen molar-refractivity contribution >= 4 is 40.1 Å². The number of hydrogen-bond donors (Lipinski definition) is 3. The van der Waals surface area contributed by atoms with Crippen LogP contribution in [-0.2, 0) is 0 Å². The van der Waals surface area contributed by atoms with Crippen LogP contribution in [0.4, 0.5) is 11.6 Å². The Labute approximate surface area is 248 Å². The van der Waals surface area contributed by atoms with Crippen molar-refractivity contribution in [2.75, 3.05) is 70.1 Å². The van der Waals surface area contributed by atoms with E-state index in [1.54, 1.807) is 18.5 Å². The van der Waals surface area contributed by atoms with E-state index in [9.17, 15) is 4.79 Å².